The number of rotatable bonds is 5. The molecule has 4 nitrogen and oxygen atoms in total. The fraction of sp³-hybridized carbons (Fsp3) is 0.136. The predicted octanol–water partition coefficient (Wildman–Crippen LogP) is 4.52. The normalized spacial score (nSPS) is 11.0. The van der Waals surface area contributed by atoms with Crippen molar-refractivity contribution in [3.05, 3.63) is 95.4 Å². The van der Waals surface area contributed by atoms with E-state index in [1.54, 1.807) is 0 Å². The Morgan fingerprint density at radius 3 is 2.31 bits per heavy atom. The number of hydrogen-bond donors (Lipinski definition) is 1. The first-order valence-electron chi connectivity index (χ1n) is 8.66. The maximum Gasteiger partial charge on any atom is 0.268 e. The van der Waals surface area contributed by atoms with Crippen LogP contribution in [0.3, 0.4) is 0 Å². The average Bonchev–Trinajstić information content (AvgIpc) is 3.19. The Labute approximate surface area is 152 Å². The summed E-state index contributed by atoms with van der Waals surface area (Å²) in [6.07, 6.45) is 0. The highest BCUT2D eigenvalue weighted by Gasteiger charge is 2.18. The highest BCUT2D eigenvalue weighted by molar-refractivity contribution is 5.97. The van der Waals surface area contributed by atoms with Crippen molar-refractivity contribution in [2.75, 3.05) is 0 Å². The van der Waals surface area contributed by atoms with Crippen LogP contribution in [0.5, 0.6) is 0 Å². The fourth-order valence-corrected chi connectivity index (χ4v) is 3.16. The zero-order valence-electron chi connectivity index (χ0n) is 14.6. The summed E-state index contributed by atoms with van der Waals surface area (Å²) in [5, 5.41) is 3.01. The number of benzene rings is 2. The second kappa shape index (κ2) is 6.92. The molecule has 0 aliphatic heterocycles. The molecule has 2 aromatic heterocycles. The highest BCUT2D eigenvalue weighted by Crippen LogP contribution is 2.25. The van der Waals surface area contributed by atoms with Gasteiger partial charge in [-0.3, -0.25) is 4.79 Å². The predicted molar refractivity (Wildman–Crippen MR) is 102 cm³/mol. The van der Waals surface area contributed by atoms with Crippen molar-refractivity contribution in [3.63, 3.8) is 0 Å². The lowest BCUT2D eigenvalue weighted by Crippen LogP contribution is -2.25. The third-order valence-electron chi connectivity index (χ3n) is 4.42. The van der Waals surface area contributed by atoms with Gasteiger partial charge < -0.3 is 14.3 Å². The second-order valence-corrected chi connectivity index (χ2v) is 6.38. The van der Waals surface area contributed by atoms with Crippen LogP contribution in [-0.4, -0.2) is 10.5 Å². The molecule has 4 rings (SSSR count). The van der Waals surface area contributed by atoms with Crippen LogP contribution in [0.4, 0.5) is 0 Å². The number of amides is 1. The molecule has 0 saturated carbocycles. The zero-order valence-corrected chi connectivity index (χ0v) is 14.6. The minimum Gasteiger partial charge on any atom is -0.460 e. The van der Waals surface area contributed by atoms with Crippen LogP contribution < -0.4 is 5.32 Å². The lowest BCUT2D eigenvalue weighted by atomic mass is 10.2. The summed E-state index contributed by atoms with van der Waals surface area (Å²) in [5.74, 6) is 0.738. The van der Waals surface area contributed by atoms with E-state index < -0.39 is 0 Å². The molecule has 0 aliphatic carbocycles. The molecular weight excluding hydrogens is 324 g/mol. The third-order valence-corrected chi connectivity index (χ3v) is 4.42. The Morgan fingerprint density at radius 1 is 0.962 bits per heavy atom. The smallest absolute Gasteiger partial charge is 0.268 e. The Bertz CT molecular complexity index is 1030. The molecule has 0 saturated heterocycles. The van der Waals surface area contributed by atoms with E-state index in [-0.39, 0.29) is 5.91 Å². The van der Waals surface area contributed by atoms with Crippen molar-refractivity contribution in [2.45, 2.75) is 20.0 Å². The average molecular weight is 344 g/mol. The van der Waals surface area contributed by atoms with E-state index in [4.69, 9.17) is 4.42 Å². The number of furan rings is 1. The number of carbonyl (C=O) groups excluding carboxylic acids is 1. The minimum atomic E-state index is -0.103. The Hall–Kier alpha value is -3.27. The van der Waals surface area contributed by atoms with E-state index in [0.717, 1.165) is 28.0 Å². The molecule has 0 unspecified atom stereocenters. The highest BCUT2D eigenvalue weighted by atomic mass is 16.3. The van der Waals surface area contributed by atoms with Gasteiger partial charge in [0.2, 0.25) is 0 Å². The van der Waals surface area contributed by atoms with E-state index in [0.29, 0.717) is 18.8 Å². The zero-order chi connectivity index (χ0) is 17.9. The first kappa shape index (κ1) is 16.2. The summed E-state index contributed by atoms with van der Waals surface area (Å²) < 4.78 is 7.75. The molecule has 0 spiro atoms. The van der Waals surface area contributed by atoms with Gasteiger partial charge in [-0.2, -0.15) is 0 Å². The number of nitrogens with one attached hydrogen (secondary N) is 1. The maximum atomic E-state index is 12.8. The number of fused-ring (bicyclic) bond motifs is 1. The van der Waals surface area contributed by atoms with Crippen LogP contribution in [0, 0.1) is 6.92 Å². The van der Waals surface area contributed by atoms with E-state index in [2.05, 4.69) is 17.4 Å². The lowest BCUT2D eigenvalue weighted by molar-refractivity contribution is 0.0942. The number of aryl methyl sites for hydroxylation is 1. The van der Waals surface area contributed by atoms with Gasteiger partial charge in [-0.05, 0) is 18.1 Å². The van der Waals surface area contributed by atoms with Gasteiger partial charge in [-0.25, -0.2) is 0 Å². The first-order valence-corrected chi connectivity index (χ1v) is 8.66. The van der Waals surface area contributed by atoms with Crippen molar-refractivity contribution in [2.24, 2.45) is 0 Å². The van der Waals surface area contributed by atoms with E-state index >= 15 is 0 Å². The van der Waals surface area contributed by atoms with Crippen LogP contribution >= 0.6 is 0 Å². The van der Waals surface area contributed by atoms with E-state index in [1.165, 1.54) is 0 Å². The second-order valence-electron chi connectivity index (χ2n) is 6.38. The summed E-state index contributed by atoms with van der Waals surface area (Å²) in [6.45, 7) is 3.04. The Kier molecular flexibility index (Phi) is 4.32. The molecule has 0 fully saturated rings. The molecule has 130 valence electrons. The van der Waals surface area contributed by atoms with Crippen LogP contribution in [0.25, 0.3) is 11.1 Å². The van der Waals surface area contributed by atoms with Crippen LogP contribution in [0.15, 0.2) is 77.2 Å². The topological polar surface area (TPSA) is 47.2 Å². The van der Waals surface area contributed by atoms with Gasteiger partial charge in [0.15, 0.2) is 5.58 Å². The van der Waals surface area contributed by atoms with Gasteiger partial charge in [0.05, 0.1) is 5.52 Å². The van der Waals surface area contributed by atoms with Crippen LogP contribution in [0.1, 0.15) is 27.4 Å². The van der Waals surface area contributed by atoms with Gasteiger partial charge in [-0.1, -0.05) is 60.7 Å². The molecule has 26 heavy (non-hydrogen) atoms. The van der Waals surface area contributed by atoms with Crippen molar-refractivity contribution in [1.29, 1.82) is 0 Å². The number of carbonyl (C=O) groups is 1. The molecular formula is C22H20N2O2. The van der Waals surface area contributed by atoms with Gasteiger partial charge in [0, 0.05) is 25.2 Å². The summed E-state index contributed by atoms with van der Waals surface area (Å²) in [6, 6.07) is 23.8. The summed E-state index contributed by atoms with van der Waals surface area (Å²) in [7, 11) is 0. The Morgan fingerprint density at radius 2 is 1.62 bits per heavy atom. The SMILES string of the molecule is Cc1cc2c(cc(C(=O)NCc3ccccc3)n2Cc2ccccc2)o1. The molecule has 1 amide bonds. The summed E-state index contributed by atoms with van der Waals surface area (Å²) in [5.41, 5.74) is 4.50. The largest absolute Gasteiger partial charge is 0.460 e. The molecule has 0 bridgehead atoms. The maximum absolute atomic E-state index is 12.8. The third kappa shape index (κ3) is 3.26. The molecule has 0 atom stereocenters. The molecule has 4 aromatic rings. The van der Waals surface area contributed by atoms with Crippen molar-refractivity contribution in [3.8, 4) is 0 Å². The van der Waals surface area contributed by atoms with E-state index in [9.17, 15) is 4.79 Å². The van der Waals surface area contributed by atoms with Crippen LogP contribution in [-0.2, 0) is 13.1 Å². The van der Waals surface area contributed by atoms with Crippen molar-refractivity contribution in [1.82, 2.24) is 9.88 Å². The van der Waals surface area contributed by atoms with Crippen molar-refractivity contribution < 1.29 is 9.21 Å². The fourth-order valence-electron chi connectivity index (χ4n) is 3.16. The minimum absolute atomic E-state index is 0.103. The quantitative estimate of drug-likeness (QED) is 0.578. The first-order chi connectivity index (χ1) is 12.7. The molecule has 1 N–H and O–H groups in total. The summed E-state index contributed by atoms with van der Waals surface area (Å²) >= 11 is 0. The molecule has 0 aliphatic rings. The summed E-state index contributed by atoms with van der Waals surface area (Å²) in [4.78, 5) is 12.8. The molecule has 2 aromatic carbocycles. The Balaban J connectivity index is 1.64. The van der Waals surface area contributed by atoms with Crippen LogP contribution in [0.2, 0.25) is 0 Å². The molecule has 2 heterocycles. The van der Waals surface area contributed by atoms with Crippen molar-refractivity contribution >= 4 is 17.0 Å². The van der Waals surface area contributed by atoms with Gasteiger partial charge in [0.1, 0.15) is 11.5 Å². The van der Waals surface area contributed by atoms with Gasteiger partial charge >= 0.3 is 0 Å². The lowest BCUT2D eigenvalue weighted by Gasteiger charge is -2.11. The number of aromatic nitrogens is 1. The molecule has 0 radical (unpaired) electrons. The number of hydrogen-bond acceptors (Lipinski definition) is 2. The van der Waals surface area contributed by atoms with E-state index in [1.807, 2.05) is 72.2 Å². The monoisotopic (exact) mass is 344 g/mol. The standard InChI is InChI=1S/C22H20N2O2/c1-16-12-19-21(26-16)13-20(24(19)15-18-10-6-3-7-11-18)22(25)23-14-17-8-4-2-5-9-17/h2-13H,14-15H2,1H3,(H,23,25). The molecule has 4 heteroatoms. The van der Waals surface area contributed by atoms with Gasteiger partial charge in [-0.15, -0.1) is 0 Å². The number of nitrogens with zero attached hydrogens (tertiary/aromatic N) is 1. The van der Waals surface area contributed by atoms with Gasteiger partial charge in [0.25, 0.3) is 5.91 Å².